The molecule has 1 saturated heterocycles. The molecule has 0 radical (unpaired) electrons. The fourth-order valence-electron chi connectivity index (χ4n) is 3.84. The van der Waals surface area contributed by atoms with Crippen molar-refractivity contribution in [2.24, 2.45) is 0 Å². The van der Waals surface area contributed by atoms with Crippen LogP contribution in [-0.4, -0.2) is 60.3 Å². The summed E-state index contributed by atoms with van der Waals surface area (Å²) in [6, 6.07) is 12.2. The molecule has 3 N–H and O–H groups in total. The Morgan fingerprint density at radius 2 is 1.74 bits per heavy atom. The number of carbonyl (C=O) groups excluding carboxylic acids is 1. The van der Waals surface area contributed by atoms with Gasteiger partial charge in [-0.1, -0.05) is 17.7 Å². The van der Waals surface area contributed by atoms with Crippen molar-refractivity contribution in [1.82, 2.24) is 20.1 Å². The van der Waals surface area contributed by atoms with E-state index in [1.807, 2.05) is 50.2 Å². The molecular weight excluding hydrogens is 452 g/mol. The van der Waals surface area contributed by atoms with Crippen LogP contribution in [0.25, 0.3) is 5.69 Å². The third-order valence-electron chi connectivity index (χ3n) is 6.20. The van der Waals surface area contributed by atoms with E-state index in [4.69, 9.17) is 0 Å². The van der Waals surface area contributed by atoms with Crippen molar-refractivity contribution in [3.05, 3.63) is 59.4 Å². The topological polar surface area (TPSA) is 87.1 Å². The summed E-state index contributed by atoms with van der Waals surface area (Å²) < 4.78 is 28.8. The molecule has 1 fully saturated rings. The Hall–Kier alpha value is -3.53. The van der Waals surface area contributed by atoms with E-state index in [0.29, 0.717) is 22.9 Å². The molecule has 4 rings (SSSR count). The molecule has 35 heavy (non-hydrogen) atoms. The van der Waals surface area contributed by atoms with Gasteiger partial charge in [0, 0.05) is 32.2 Å². The van der Waals surface area contributed by atoms with Crippen molar-refractivity contribution in [3.63, 3.8) is 0 Å². The maximum atomic E-state index is 13.7. The highest BCUT2D eigenvalue weighted by molar-refractivity contribution is 5.99. The molecule has 3 heterocycles. The van der Waals surface area contributed by atoms with Crippen LogP contribution in [0.3, 0.4) is 0 Å². The molecule has 3 aromatic rings. The van der Waals surface area contributed by atoms with Crippen LogP contribution in [0, 0.1) is 13.8 Å². The average molecular weight is 484 g/mol. The summed E-state index contributed by atoms with van der Waals surface area (Å²) in [5.74, 6) is 1.17. The number of alkyl halides is 2. The molecule has 0 saturated carbocycles. The molecule has 0 spiro atoms. The van der Waals surface area contributed by atoms with Crippen molar-refractivity contribution in [1.29, 1.82) is 0 Å². The first kappa shape index (κ1) is 24.6. The summed E-state index contributed by atoms with van der Waals surface area (Å²) in [6.45, 7) is 7.00. The Morgan fingerprint density at radius 1 is 1.06 bits per heavy atom. The van der Waals surface area contributed by atoms with Crippen LogP contribution in [0.15, 0.2) is 42.5 Å². The summed E-state index contributed by atoms with van der Waals surface area (Å²) >= 11 is 0. The zero-order valence-corrected chi connectivity index (χ0v) is 20.2. The lowest BCUT2D eigenvalue weighted by atomic mass is 9.90. The molecule has 0 aliphatic carbocycles. The van der Waals surface area contributed by atoms with Crippen LogP contribution < -0.4 is 20.9 Å². The molecule has 8 nitrogen and oxygen atoms in total. The minimum atomic E-state index is -1.40. The van der Waals surface area contributed by atoms with Crippen molar-refractivity contribution in [2.45, 2.75) is 26.2 Å². The van der Waals surface area contributed by atoms with Gasteiger partial charge in [-0.3, -0.25) is 5.32 Å². The van der Waals surface area contributed by atoms with E-state index in [0.717, 1.165) is 37.6 Å². The van der Waals surface area contributed by atoms with Gasteiger partial charge in [-0.25, -0.2) is 23.2 Å². The number of nitrogens with one attached hydrogen (secondary N) is 3. The Bertz CT molecular complexity index is 1170. The predicted octanol–water partition coefficient (Wildman–Crippen LogP) is 4.13. The third kappa shape index (κ3) is 5.43. The fraction of sp³-hybridized carbons (Fsp3) is 0.400. The molecular formula is C25H31F2N7O. The largest absolute Gasteiger partial charge is 0.354 e. The standard InChI is InChI=1S/C25H31F2N7O/c1-17-4-6-19(7-5-17)34-23(14-21(32-34)25(3,15-26)16-27)31-24(35)30-20-8-9-22(29-18(20)2)33-12-10-28-11-13-33/h4-9,14,28H,10-13,15-16H2,1-3H3,(H2,30,31,35). The summed E-state index contributed by atoms with van der Waals surface area (Å²) in [6.07, 6.45) is 0. The molecule has 1 aliphatic heterocycles. The summed E-state index contributed by atoms with van der Waals surface area (Å²) in [7, 11) is 0. The molecule has 2 aromatic heterocycles. The van der Waals surface area contributed by atoms with Crippen LogP contribution in [0.1, 0.15) is 23.9 Å². The van der Waals surface area contributed by atoms with E-state index in [2.05, 4.69) is 30.9 Å². The van der Waals surface area contributed by atoms with Crippen molar-refractivity contribution in [2.75, 3.05) is 55.1 Å². The number of benzene rings is 1. The first-order valence-corrected chi connectivity index (χ1v) is 11.6. The predicted molar refractivity (Wildman–Crippen MR) is 134 cm³/mol. The number of aryl methyl sites for hydroxylation is 2. The van der Waals surface area contributed by atoms with Gasteiger partial charge in [-0.05, 0) is 45.0 Å². The maximum Gasteiger partial charge on any atom is 0.324 e. The Balaban J connectivity index is 1.56. The Kier molecular flexibility index (Phi) is 7.30. The van der Waals surface area contributed by atoms with E-state index < -0.39 is 24.8 Å². The van der Waals surface area contributed by atoms with E-state index in [-0.39, 0.29) is 5.69 Å². The second-order valence-corrected chi connectivity index (χ2v) is 9.11. The monoisotopic (exact) mass is 483 g/mol. The number of halogens is 2. The number of piperazine rings is 1. The Labute approximate surface area is 203 Å². The first-order chi connectivity index (χ1) is 16.8. The molecule has 1 aromatic carbocycles. The van der Waals surface area contributed by atoms with Gasteiger partial charge in [0.15, 0.2) is 0 Å². The summed E-state index contributed by atoms with van der Waals surface area (Å²) in [4.78, 5) is 19.7. The maximum absolute atomic E-state index is 13.7. The lowest BCUT2D eigenvalue weighted by Crippen LogP contribution is -2.43. The number of hydrogen-bond acceptors (Lipinski definition) is 5. The smallest absolute Gasteiger partial charge is 0.324 e. The molecule has 0 atom stereocenters. The summed E-state index contributed by atoms with van der Waals surface area (Å²) in [5, 5.41) is 13.3. The first-order valence-electron chi connectivity index (χ1n) is 11.6. The minimum Gasteiger partial charge on any atom is -0.354 e. The minimum absolute atomic E-state index is 0.219. The zero-order valence-electron chi connectivity index (χ0n) is 20.2. The van der Waals surface area contributed by atoms with Crippen molar-refractivity contribution in [3.8, 4) is 5.69 Å². The molecule has 186 valence electrons. The zero-order chi connectivity index (χ0) is 25.0. The lowest BCUT2D eigenvalue weighted by Gasteiger charge is -2.28. The van der Waals surface area contributed by atoms with Crippen molar-refractivity contribution >= 4 is 23.4 Å². The highest BCUT2D eigenvalue weighted by Gasteiger charge is 2.31. The SMILES string of the molecule is Cc1ccc(-n2nc(C(C)(CF)CF)cc2NC(=O)Nc2ccc(N3CCNCC3)nc2C)cc1. The van der Waals surface area contributed by atoms with Gasteiger partial charge in [0.1, 0.15) is 25.0 Å². The van der Waals surface area contributed by atoms with Crippen LogP contribution in [0.2, 0.25) is 0 Å². The number of aromatic nitrogens is 3. The number of rotatable bonds is 7. The number of nitrogens with zero attached hydrogens (tertiary/aromatic N) is 4. The third-order valence-corrected chi connectivity index (χ3v) is 6.20. The van der Waals surface area contributed by atoms with Crippen LogP contribution in [0.4, 0.5) is 30.9 Å². The van der Waals surface area contributed by atoms with Crippen LogP contribution >= 0.6 is 0 Å². The molecule has 0 bridgehead atoms. The van der Waals surface area contributed by atoms with Gasteiger partial charge in [0.25, 0.3) is 0 Å². The highest BCUT2D eigenvalue weighted by atomic mass is 19.1. The number of hydrogen-bond donors (Lipinski definition) is 3. The van der Waals surface area contributed by atoms with Gasteiger partial charge in [0.2, 0.25) is 0 Å². The van der Waals surface area contributed by atoms with E-state index in [1.165, 1.54) is 17.7 Å². The number of anilines is 3. The molecule has 10 heteroatoms. The second-order valence-electron chi connectivity index (χ2n) is 9.11. The van der Waals surface area contributed by atoms with Gasteiger partial charge in [0.05, 0.1) is 28.2 Å². The van der Waals surface area contributed by atoms with E-state index in [9.17, 15) is 13.6 Å². The van der Waals surface area contributed by atoms with Gasteiger partial charge in [-0.15, -0.1) is 0 Å². The fourth-order valence-corrected chi connectivity index (χ4v) is 3.84. The normalized spacial score (nSPS) is 14.1. The van der Waals surface area contributed by atoms with Crippen molar-refractivity contribution < 1.29 is 13.6 Å². The van der Waals surface area contributed by atoms with Crippen LogP contribution in [0.5, 0.6) is 0 Å². The number of urea groups is 1. The highest BCUT2D eigenvalue weighted by Crippen LogP contribution is 2.29. The number of pyridine rings is 1. The van der Waals surface area contributed by atoms with E-state index in [1.54, 1.807) is 0 Å². The second kappa shape index (κ2) is 10.4. The van der Waals surface area contributed by atoms with Gasteiger partial charge >= 0.3 is 6.03 Å². The van der Waals surface area contributed by atoms with E-state index >= 15 is 0 Å². The number of amides is 2. The lowest BCUT2D eigenvalue weighted by molar-refractivity contribution is 0.252. The molecule has 2 amide bonds. The quantitative estimate of drug-likeness (QED) is 0.470. The average Bonchev–Trinajstić information content (AvgIpc) is 3.30. The van der Waals surface area contributed by atoms with Gasteiger partial charge < -0.3 is 15.5 Å². The van der Waals surface area contributed by atoms with Crippen LogP contribution in [-0.2, 0) is 5.41 Å². The molecule has 1 aliphatic rings. The molecule has 0 unspecified atom stereocenters. The van der Waals surface area contributed by atoms with Gasteiger partial charge in [-0.2, -0.15) is 5.10 Å². The summed E-state index contributed by atoms with van der Waals surface area (Å²) in [5.41, 5.74) is 1.79. The Morgan fingerprint density at radius 3 is 2.37 bits per heavy atom. The number of carbonyl (C=O) groups is 1.